The molecule has 220 valence electrons. The third-order valence-electron chi connectivity index (χ3n) is 5.41. The molecule has 0 radical (unpaired) electrons. The molecule has 9 nitrogen and oxygen atoms in total. The van der Waals surface area contributed by atoms with Crippen LogP contribution in [0.25, 0.3) is 16.9 Å². The predicted molar refractivity (Wildman–Crippen MR) is 134 cm³/mol. The van der Waals surface area contributed by atoms with E-state index in [2.05, 4.69) is 44.1 Å². The Morgan fingerprint density at radius 1 is 0.976 bits per heavy atom. The van der Waals surface area contributed by atoms with Gasteiger partial charge in [-0.25, -0.2) is 14.6 Å². The summed E-state index contributed by atoms with van der Waals surface area (Å²) in [5.74, 6) is -5.51. The average molecular weight is 605 g/mol. The first kappa shape index (κ1) is 31.5. The van der Waals surface area contributed by atoms with Crippen molar-refractivity contribution in [3.05, 3.63) is 77.0 Å². The van der Waals surface area contributed by atoms with Crippen LogP contribution in [0.15, 0.2) is 66.4 Å². The molecule has 4 aromatic heterocycles. The lowest BCUT2D eigenvalue weighted by molar-refractivity contribution is -0.193. The Morgan fingerprint density at radius 3 is 2.17 bits per heavy atom. The van der Waals surface area contributed by atoms with E-state index in [9.17, 15) is 26.3 Å². The van der Waals surface area contributed by atoms with Crippen LogP contribution in [0.2, 0.25) is 0 Å². The molecule has 0 aliphatic carbocycles. The van der Waals surface area contributed by atoms with Crippen LogP contribution in [0.3, 0.4) is 0 Å². The summed E-state index contributed by atoms with van der Waals surface area (Å²) in [6.45, 7) is 3.55. The first-order chi connectivity index (χ1) is 19.3. The standard InChI is InChI=1S/C21H20N4OS.2C2HF3O2/c1-4-19(16-6-8-22-9-7-16)25-14-18(23-21(25)5-1)20-15-24(10-11-26-20)13-17-3-2-12-27-17;2*3-2(4,5)1(6)7/h1-9,12,14,20H,10-11,13,15H2;2*(H,6,7). The molecule has 1 aliphatic rings. The number of pyridine rings is 2. The van der Waals surface area contributed by atoms with E-state index in [0.717, 1.165) is 48.8 Å². The summed E-state index contributed by atoms with van der Waals surface area (Å²) >= 11 is 1.81. The van der Waals surface area contributed by atoms with Gasteiger partial charge in [-0.1, -0.05) is 12.1 Å². The van der Waals surface area contributed by atoms with Gasteiger partial charge in [0.25, 0.3) is 0 Å². The number of aliphatic carboxylic acids is 2. The number of hydrogen-bond donors (Lipinski definition) is 2. The number of hydrogen-bond acceptors (Lipinski definition) is 7. The Balaban J connectivity index is 0.000000276. The fraction of sp³-hybridized carbons (Fsp3) is 0.280. The highest BCUT2D eigenvalue weighted by molar-refractivity contribution is 7.09. The summed E-state index contributed by atoms with van der Waals surface area (Å²) in [6, 6.07) is 14.6. The Morgan fingerprint density at radius 2 is 1.61 bits per heavy atom. The highest BCUT2D eigenvalue weighted by Crippen LogP contribution is 2.27. The van der Waals surface area contributed by atoms with E-state index in [1.165, 1.54) is 4.88 Å². The smallest absolute Gasteiger partial charge is 0.475 e. The highest BCUT2D eigenvalue weighted by atomic mass is 32.1. The van der Waals surface area contributed by atoms with E-state index in [-0.39, 0.29) is 6.10 Å². The molecule has 5 heterocycles. The number of carboxylic acids is 2. The van der Waals surface area contributed by atoms with Crippen molar-refractivity contribution in [1.29, 1.82) is 0 Å². The van der Waals surface area contributed by atoms with E-state index in [4.69, 9.17) is 29.5 Å². The van der Waals surface area contributed by atoms with Gasteiger partial charge in [-0.3, -0.25) is 14.3 Å². The van der Waals surface area contributed by atoms with Crippen molar-refractivity contribution in [2.75, 3.05) is 19.7 Å². The zero-order valence-electron chi connectivity index (χ0n) is 20.8. The SMILES string of the molecule is O=C(O)C(F)(F)F.O=C(O)C(F)(F)F.c1csc(CN2CCOC(c3cn4c(-c5ccncc5)cccc4n3)C2)c1. The molecule has 1 unspecified atom stereocenters. The zero-order valence-corrected chi connectivity index (χ0v) is 21.7. The topological polar surface area (TPSA) is 117 Å². The summed E-state index contributed by atoms with van der Waals surface area (Å²) < 4.78 is 71.7. The molecule has 16 heteroatoms. The number of morpholine rings is 1. The molecule has 5 rings (SSSR count). The normalized spacial score (nSPS) is 15.8. The zero-order chi connectivity index (χ0) is 30.2. The number of fused-ring (bicyclic) bond motifs is 1. The minimum atomic E-state index is -5.08. The minimum Gasteiger partial charge on any atom is -0.475 e. The van der Waals surface area contributed by atoms with Crippen LogP contribution < -0.4 is 0 Å². The lowest BCUT2D eigenvalue weighted by Crippen LogP contribution is -2.37. The van der Waals surface area contributed by atoms with Crippen molar-refractivity contribution in [3.8, 4) is 11.3 Å². The van der Waals surface area contributed by atoms with E-state index < -0.39 is 24.3 Å². The van der Waals surface area contributed by atoms with E-state index in [1.54, 1.807) is 0 Å². The maximum Gasteiger partial charge on any atom is 0.490 e. The van der Waals surface area contributed by atoms with Crippen molar-refractivity contribution >= 4 is 28.9 Å². The second-order valence-electron chi connectivity index (χ2n) is 8.32. The molecule has 1 fully saturated rings. The van der Waals surface area contributed by atoms with Crippen LogP contribution in [-0.2, 0) is 20.9 Å². The van der Waals surface area contributed by atoms with Crippen LogP contribution >= 0.6 is 11.3 Å². The van der Waals surface area contributed by atoms with Crippen molar-refractivity contribution < 1.29 is 50.9 Å². The molecular weight excluding hydrogens is 582 g/mol. The van der Waals surface area contributed by atoms with E-state index in [0.29, 0.717) is 0 Å². The van der Waals surface area contributed by atoms with Gasteiger partial charge in [0, 0.05) is 48.7 Å². The number of halogens is 6. The van der Waals surface area contributed by atoms with Crippen molar-refractivity contribution in [2.24, 2.45) is 0 Å². The fourth-order valence-corrected chi connectivity index (χ4v) is 4.34. The maximum atomic E-state index is 10.6. The van der Waals surface area contributed by atoms with Gasteiger partial charge < -0.3 is 14.9 Å². The quantitative estimate of drug-likeness (QED) is 0.302. The molecule has 1 aliphatic heterocycles. The first-order valence-electron chi connectivity index (χ1n) is 11.6. The molecule has 1 atom stereocenters. The molecule has 4 aromatic rings. The number of imidazole rings is 1. The van der Waals surface area contributed by atoms with Gasteiger partial charge in [-0.15, -0.1) is 11.3 Å². The summed E-state index contributed by atoms with van der Waals surface area (Å²) in [5.41, 5.74) is 4.18. The Hall–Kier alpha value is -4.02. The largest absolute Gasteiger partial charge is 0.490 e. The number of rotatable bonds is 4. The fourth-order valence-electron chi connectivity index (χ4n) is 3.59. The number of ether oxygens (including phenoxy) is 1. The first-order valence-corrected chi connectivity index (χ1v) is 12.5. The number of nitrogens with zero attached hydrogens (tertiary/aromatic N) is 4. The average Bonchev–Trinajstić information content (AvgIpc) is 3.59. The third-order valence-corrected chi connectivity index (χ3v) is 6.27. The summed E-state index contributed by atoms with van der Waals surface area (Å²) in [7, 11) is 0. The number of carbonyl (C=O) groups is 2. The second-order valence-corrected chi connectivity index (χ2v) is 9.35. The van der Waals surface area contributed by atoms with Gasteiger partial charge in [0.15, 0.2) is 0 Å². The number of carboxylic acid groups (broad SMARTS) is 2. The molecule has 1 saturated heterocycles. The Bertz CT molecular complexity index is 1400. The van der Waals surface area contributed by atoms with Gasteiger partial charge in [0.2, 0.25) is 0 Å². The lowest BCUT2D eigenvalue weighted by Gasteiger charge is -2.31. The van der Waals surface area contributed by atoms with Crippen LogP contribution in [-0.4, -0.2) is 73.5 Å². The maximum absolute atomic E-state index is 10.6. The number of thiophene rings is 1. The molecular formula is C25H22F6N4O5S. The van der Waals surface area contributed by atoms with Crippen molar-refractivity contribution in [2.45, 2.75) is 25.0 Å². The molecule has 0 saturated carbocycles. The van der Waals surface area contributed by atoms with E-state index >= 15 is 0 Å². The predicted octanol–water partition coefficient (Wildman–Crippen LogP) is 5.30. The van der Waals surface area contributed by atoms with Crippen LogP contribution in [0.5, 0.6) is 0 Å². The number of alkyl halides is 6. The molecule has 0 amide bonds. The highest BCUT2D eigenvalue weighted by Gasteiger charge is 2.38. The lowest BCUT2D eigenvalue weighted by atomic mass is 10.2. The van der Waals surface area contributed by atoms with Gasteiger partial charge in [0.1, 0.15) is 11.8 Å². The third kappa shape index (κ3) is 9.26. The summed E-state index contributed by atoms with van der Waals surface area (Å²) in [4.78, 5) is 30.6. The monoisotopic (exact) mass is 604 g/mol. The van der Waals surface area contributed by atoms with E-state index in [1.807, 2.05) is 48.0 Å². The molecule has 41 heavy (non-hydrogen) atoms. The van der Waals surface area contributed by atoms with Crippen LogP contribution in [0.4, 0.5) is 26.3 Å². The van der Waals surface area contributed by atoms with Crippen LogP contribution in [0.1, 0.15) is 16.7 Å². The van der Waals surface area contributed by atoms with Gasteiger partial charge in [-0.05, 0) is 35.7 Å². The minimum absolute atomic E-state index is 0.00361. The summed E-state index contributed by atoms with van der Waals surface area (Å²) in [6.07, 6.45) is -4.41. The van der Waals surface area contributed by atoms with Gasteiger partial charge >= 0.3 is 24.3 Å². The van der Waals surface area contributed by atoms with Crippen molar-refractivity contribution in [3.63, 3.8) is 0 Å². The Labute approximate surface area is 232 Å². The van der Waals surface area contributed by atoms with Crippen LogP contribution in [0, 0.1) is 0 Å². The van der Waals surface area contributed by atoms with Gasteiger partial charge in [-0.2, -0.15) is 26.3 Å². The molecule has 0 bridgehead atoms. The molecule has 0 aromatic carbocycles. The molecule has 0 spiro atoms. The van der Waals surface area contributed by atoms with Gasteiger partial charge in [0.05, 0.1) is 18.0 Å². The summed E-state index contributed by atoms with van der Waals surface area (Å²) in [5, 5.41) is 16.4. The Kier molecular flexibility index (Phi) is 10.4. The molecule has 2 N–H and O–H groups in total. The van der Waals surface area contributed by atoms with Crippen molar-refractivity contribution in [1.82, 2.24) is 19.3 Å². The second kappa shape index (κ2) is 13.6. The number of aromatic nitrogens is 3.